The first-order valence-electron chi connectivity index (χ1n) is 20.8. The van der Waals surface area contributed by atoms with E-state index in [1.54, 1.807) is 25.2 Å². The van der Waals surface area contributed by atoms with Gasteiger partial charge in [0.05, 0.1) is 19.1 Å². The molecule has 0 unspecified atom stereocenters. The van der Waals surface area contributed by atoms with Crippen LogP contribution in [0.4, 0.5) is 0 Å². The van der Waals surface area contributed by atoms with Gasteiger partial charge >= 0.3 is 11.9 Å². The molecule has 1 fully saturated rings. The van der Waals surface area contributed by atoms with E-state index < -0.39 is 73.4 Å². The summed E-state index contributed by atoms with van der Waals surface area (Å²) < 4.78 is 42.4. The lowest BCUT2D eigenvalue weighted by Gasteiger charge is -2.41. The van der Waals surface area contributed by atoms with Gasteiger partial charge in [0.15, 0.2) is 29.6 Å². The molecule has 0 aliphatic carbocycles. The van der Waals surface area contributed by atoms with Gasteiger partial charge in [0.1, 0.15) is 48.3 Å². The first kappa shape index (κ1) is 43.3. The van der Waals surface area contributed by atoms with Crippen LogP contribution in [0.1, 0.15) is 72.6 Å². The molecule has 332 valence electrons. The molecule has 17 nitrogen and oxygen atoms in total. The number of aliphatic hydroxyl groups is 2. The number of carbonyl (C=O) groups excluding carboxylic acids is 1. The molecule has 8 rings (SSSR count). The summed E-state index contributed by atoms with van der Waals surface area (Å²) in [5.74, 6) is 3.70. The van der Waals surface area contributed by atoms with Crippen LogP contribution in [-0.4, -0.2) is 109 Å². The van der Waals surface area contributed by atoms with Gasteiger partial charge in [0.25, 0.3) is 0 Å². The predicted octanol–water partition coefficient (Wildman–Crippen LogP) is 2.79. The Bertz CT molecular complexity index is 2240. The zero-order valence-electron chi connectivity index (χ0n) is 34.8. The van der Waals surface area contributed by atoms with Crippen molar-refractivity contribution in [1.82, 2.24) is 5.32 Å². The van der Waals surface area contributed by atoms with E-state index in [-0.39, 0.29) is 43.7 Å². The molecule has 0 radical (unpaired) electrons. The first-order valence-corrected chi connectivity index (χ1v) is 20.8. The lowest BCUT2D eigenvalue weighted by molar-refractivity contribution is -0.373. The Labute approximate surface area is 358 Å². The van der Waals surface area contributed by atoms with E-state index in [0.717, 1.165) is 28.0 Å². The highest BCUT2D eigenvalue weighted by Gasteiger charge is 2.49. The number of phenols is 1. The van der Waals surface area contributed by atoms with Gasteiger partial charge in [-0.15, -0.1) is 5.92 Å². The van der Waals surface area contributed by atoms with E-state index in [2.05, 4.69) is 31.0 Å². The third kappa shape index (κ3) is 8.69. The number of aliphatic carboxylic acids is 1. The molecular formula is C45H52N2O15. The molecule has 1 saturated heterocycles. The number of esters is 1. The number of aromatic hydroxyl groups is 1. The molecule has 5 aliphatic rings. The zero-order chi connectivity index (χ0) is 43.8. The second kappa shape index (κ2) is 18.2. The fourth-order valence-corrected chi connectivity index (χ4v) is 8.50. The molecule has 5 aliphatic heterocycles. The minimum Gasteiger partial charge on any atom is -0.508 e. The van der Waals surface area contributed by atoms with Gasteiger partial charge in [-0.05, 0) is 67.3 Å². The number of ether oxygens (including phenoxy) is 7. The fraction of sp³-hybridized carbons (Fsp3) is 0.511. The van der Waals surface area contributed by atoms with Crippen LogP contribution in [0, 0.1) is 23.7 Å². The maximum absolute atomic E-state index is 12.8. The van der Waals surface area contributed by atoms with E-state index in [0.29, 0.717) is 53.7 Å². The van der Waals surface area contributed by atoms with E-state index in [4.69, 9.17) is 48.7 Å². The van der Waals surface area contributed by atoms with Gasteiger partial charge in [0.2, 0.25) is 12.7 Å². The standard InChI is InChI=1S/C45H52N2O15/c1-5-22-10-23(13-25(48)12-22)11-24-14-34-28(40-30(17-54-34)27-15-35-41(58-20-57-35)29(9-21(2)3)39(27)60-40)16-33(24)61-62-42-38(50)37(49)36-19-55-44(53)26(43(51)52)7-6-8-32(47-4)31(46)18-56-45(42)59-36/h10,12-16,21,26,30-32,36-38,40,42,45,47-50H,5,8-9,11,17-20,46H2,1-4H3,(H,51,52)/t26-,30-,31-,32+,36-,37-,38+,40-,42-,45-/m1/s1. The number of hydrogen-bond acceptors (Lipinski definition) is 16. The number of fused-ring (bicyclic) bond motifs is 8. The number of phenolic OH excluding ortho intramolecular Hbond substituents is 1. The number of aryl methyl sites for hydroxylation is 1. The lowest BCUT2D eigenvalue weighted by atomic mass is 9.86. The average Bonchev–Trinajstić information content (AvgIpc) is 3.87. The van der Waals surface area contributed by atoms with Crippen LogP contribution in [0.3, 0.4) is 0 Å². The largest absolute Gasteiger partial charge is 0.508 e. The van der Waals surface area contributed by atoms with Crippen molar-refractivity contribution < 1.29 is 72.9 Å². The normalized spacial score (nSPS) is 28.8. The second-order valence-corrected chi connectivity index (χ2v) is 16.6. The smallest absolute Gasteiger partial charge is 0.332 e. The molecule has 3 aromatic carbocycles. The van der Waals surface area contributed by atoms with Crippen LogP contribution < -0.4 is 34.9 Å². The van der Waals surface area contributed by atoms with Crippen molar-refractivity contribution in [2.75, 3.05) is 33.7 Å². The maximum atomic E-state index is 12.8. The van der Waals surface area contributed by atoms with Gasteiger partial charge in [-0.25, -0.2) is 0 Å². The van der Waals surface area contributed by atoms with Gasteiger partial charge in [-0.3, -0.25) is 9.59 Å². The maximum Gasteiger partial charge on any atom is 0.332 e. The highest BCUT2D eigenvalue weighted by Crippen LogP contribution is 2.57. The molecule has 0 saturated carbocycles. The highest BCUT2D eigenvalue weighted by molar-refractivity contribution is 5.97. The number of nitrogens with one attached hydrogen (secondary N) is 1. The molecule has 5 heterocycles. The third-order valence-corrected chi connectivity index (χ3v) is 11.8. The van der Waals surface area contributed by atoms with Crippen molar-refractivity contribution >= 4 is 11.9 Å². The van der Waals surface area contributed by atoms with E-state index in [1.807, 2.05) is 25.1 Å². The van der Waals surface area contributed by atoms with E-state index >= 15 is 0 Å². The number of likely N-dealkylation sites (N-methyl/N-ethyl adjacent to an activating group) is 1. The number of carboxylic acids is 1. The number of cyclic esters (lactones) is 1. The Morgan fingerprint density at radius 3 is 2.53 bits per heavy atom. The first-order chi connectivity index (χ1) is 29.8. The van der Waals surface area contributed by atoms with Gasteiger partial charge in [-0.1, -0.05) is 32.8 Å². The summed E-state index contributed by atoms with van der Waals surface area (Å²) >= 11 is 0. The quantitative estimate of drug-likeness (QED) is 0.0565. The Balaban J connectivity index is 1.12. The number of hydrogen-bond donors (Lipinski definition) is 6. The summed E-state index contributed by atoms with van der Waals surface area (Å²) in [6.07, 6.45) is -6.51. The molecule has 3 aromatic rings. The summed E-state index contributed by atoms with van der Waals surface area (Å²) in [6, 6.07) is 9.66. The Morgan fingerprint density at radius 2 is 1.77 bits per heavy atom. The topological polar surface area (TPSA) is 236 Å². The molecule has 7 N–H and O–H groups in total. The van der Waals surface area contributed by atoms with E-state index in [9.17, 15) is 30.0 Å². The Morgan fingerprint density at radius 1 is 0.968 bits per heavy atom. The molecule has 0 aromatic heterocycles. The molecule has 62 heavy (non-hydrogen) atoms. The lowest BCUT2D eigenvalue weighted by Crippen LogP contribution is -2.61. The number of carboxylic acid groups (broad SMARTS) is 1. The number of aliphatic hydroxyl groups excluding tert-OH is 2. The third-order valence-electron chi connectivity index (χ3n) is 11.8. The van der Waals surface area contributed by atoms with Crippen LogP contribution in [0.2, 0.25) is 0 Å². The van der Waals surface area contributed by atoms with Crippen molar-refractivity contribution in [3.63, 3.8) is 0 Å². The van der Waals surface area contributed by atoms with E-state index in [1.165, 1.54) is 0 Å². The van der Waals surface area contributed by atoms with Crippen LogP contribution in [0.15, 0.2) is 36.4 Å². The van der Waals surface area contributed by atoms with Crippen molar-refractivity contribution in [3.05, 3.63) is 69.8 Å². The predicted molar refractivity (Wildman–Crippen MR) is 217 cm³/mol. The monoisotopic (exact) mass is 860 g/mol. The van der Waals surface area contributed by atoms with Crippen molar-refractivity contribution in [1.29, 1.82) is 0 Å². The summed E-state index contributed by atoms with van der Waals surface area (Å²) in [6.45, 7) is 5.90. The molecule has 0 amide bonds. The zero-order valence-corrected chi connectivity index (χ0v) is 34.8. The highest BCUT2D eigenvalue weighted by atomic mass is 17.2. The second-order valence-electron chi connectivity index (χ2n) is 16.6. The molecule has 2 bridgehead atoms. The summed E-state index contributed by atoms with van der Waals surface area (Å²) in [4.78, 5) is 36.8. The summed E-state index contributed by atoms with van der Waals surface area (Å²) in [5, 5.41) is 46.1. The molecule has 0 spiro atoms. The van der Waals surface area contributed by atoms with Gasteiger partial charge in [0, 0.05) is 47.2 Å². The molecule has 10 atom stereocenters. The number of carbonyl (C=O) groups is 2. The average molecular weight is 861 g/mol. The molecular weight excluding hydrogens is 808 g/mol. The summed E-state index contributed by atoms with van der Waals surface area (Å²) in [7, 11) is 1.64. The summed E-state index contributed by atoms with van der Waals surface area (Å²) in [5.41, 5.74) is 11.3. The Hall–Kier alpha value is -5.32. The minimum atomic E-state index is -1.80. The number of rotatable bonds is 10. The van der Waals surface area contributed by atoms with Crippen molar-refractivity contribution in [2.45, 2.75) is 101 Å². The fourth-order valence-electron chi connectivity index (χ4n) is 8.50. The number of benzene rings is 3. The SMILES string of the molecule is CCc1cc(O)cc(Cc2cc3c(cc2OO[C@H]2[C@@H]4OC[C@@H](N)[C@@H](NC)CC#C[C@H](C(=O)O)C(=O)OC[C@@H](O4)[C@@H](O)[C@@H]2O)[C@H]2Oc4c(cc5c(c4CC(C)C)OCO5)[C@H]2CO3)c1. The van der Waals surface area contributed by atoms with Crippen LogP contribution in [0.5, 0.6) is 34.5 Å². The number of nitrogens with two attached hydrogens (primary N) is 1. The van der Waals surface area contributed by atoms with Crippen molar-refractivity contribution in [3.8, 4) is 46.3 Å². The Kier molecular flexibility index (Phi) is 12.7. The van der Waals surface area contributed by atoms with Crippen LogP contribution in [0.25, 0.3) is 0 Å². The van der Waals surface area contributed by atoms with Crippen molar-refractivity contribution in [2.24, 2.45) is 17.6 Å². The van der Waals surface area contributed by atoms with Gasteiger partial charge < -0.3 is 69.5 Å². The van der Waals surface area contributed by atoms with Crippen LogP contribution >= 0.6 is 0 Å². The van der Waals surface area contributed by atoms with Crippen LogP contribution in [-0.2, 0) is 47.9 Å². The van der Waals surface area contributed by atoms with Gasteiger partial charge in [-0.2, -0.15) is 4.89 Å². The minimum absolute atomic E-state index is 0.0694. The molecule has 17 heteroatoms.